The summed E-state index contributed by atoms with van der Waals surface area (Å²) in [5, 5.41) is 14.4. The van der Waals surface area contributed by atoms with Gasteiger partial charge in [-0.3, -0.25) is 9.36 Å². The van der Waals surface area contributed by atoms with Crippen LogP contribution in [0.25, 0.3) is 16.5 Å². The van der Waals surface area contributed by atoms with Crippen LogP contribution < -0.4 is 14.8 Å². The Morgan fingerprint density at radius 2 is 1.58 bits per heavy atom. The van der Waals surface area contributed by atoms with Gasteiger partial charge < -0.3 is 14.8 Å². The molecule has 0 aliphatic rings. The van der Waals surface area contributed by atoms with Crippen LogP contribution in [0.5, 0.6) is 11.5 Å². The minimum Gasteiger partial charge on any atom is -0.493 e. The number of rotatable bonds is 9. The first kappa shape index (κ1) is 23.4. The third kappa shape index (κ3) is 5.18. The smallest absolute Gasteiger partial charge is 0.234 e. The van der Waals surface area contributed by atoms with Crippen molar-refractivity contribution in [1.82, 2.24) is 14.8 Å². The van der Waals surface area contributed by atoms with Gasteiger partial charge in [-0.05, 0) is 35.7 Å². The van der Waals surface area contributed by atoms with Gasteiger partial charge in [-0.15, -0.1) is 10.2 Å². The molecule has 0 aliphatic carbocycles. The predicted octanol–water partition coefficient (Wildman–Crippen LogP) is 5.74. The van der Waals surface area contributed by atoms with Crippen molar-refractivity contribution in [3.8, 4) is 17.2 Å². The van der Waals surface area contributed by atoms with E-state index in [0.717, 1.165) is 22.1 Å². The number of nitrogens with one attached hydrogen (secondary N) is 1. The van der Waals surface area contributed by atoms with Crippen LogP contribution in [0, 0.1) is 0 Å². The maximum Gasteiger partial charge on any atom is 0.234 e. The SMILES string of the molecule is COc1ccccc1OCc1nnc(SCC(=O)Nc2cccc3ccccc23)n1-c1ccccc1. The molecule has 36 heavy (non-hydrogen) atoms. The fraction of sp³-hybridized carbons (Fsp3) is 0.107. The van der Waals surface area contributed by atoms with Crippen molar-refractivity contribution in [2.75, 3.05) is 18.2 Å². The number of aromatic nitrogens is 3. The van der Waals surface area contributed by atoms with E-state index in [0.29, 0.717) is 22.5 Å². The second-order valence-electron chi connectivity index (χ2n) is 7.87. The van der Waals surface area contributed by atoms with E-state index in [1.807, 2.05) is 102 Å². The number of anilines is 1. The third-order valence-corrected chi connectivity index (χ3v) is 6.47. The second kappa shape index (κ2) is 11.0. The molecule has 1 N–H and O–H groups in total. The molecule has 0 spiro atoms. The highest BCUT2D eigenvalue weighted by molar-refractivity contribution is 7.99. The van der Waals surface area contributed by atoms with E-state index >= 15 is 0 Å². The fourth-order valence-corrected chi connectivity index (χ4v) is 4.63. The van der Waals surface area contributed by atoms with Crippen molar-refractivity contribution in [2.24, 2.45) is 0 Å². The lowest BCUT2D eigenvalue weighted by molar-refractivity contribution is -0.113. The van der Waals surface area contributed by atoms with Crippen molar-refractivity contribution in [2.45, 2.75) is 11.8 Å². The first-order valence-corrected chi connectivity index (χ1v) is 12.4. The minimum atomic E-state index is -0.120. The summed E-state index contributed by atoms with van der Waals surface area (Å²) in [7, 11) is 1.60. The van der Waals surface area contributed by atoms with Gasteiger partial charge in [-0.25, -0.2) is 0 Å². The normalized spacial score (nSPS) is 10.8. The predicted molar refractivity (Wildman–Crippen MR) is 142 cm³/mol. The molecule has 8 heteroatoms. The highest BCUT2D eigenvalue weighted by Gasteiger charge is 2.17. The van der Waals surface area contributed by atoms with Crippen molar-refractivity contribution in [1.29, 1.82) is 0 Å². The lowest BCUT2D eigenvalue weighted by atomic mass is 10.1. The lowest BCUT2D eigenvalue weighted by Crippen LogP contribution is -2.15. The number of fused-ring (bicyclic) bond motifs is 1. The molecule has 7 nitrogen and oxygen atoms in total. The maximum atomic E-state index is 12.8. The molecular formula is C28H24N4O3S. The standard InChI is InChI=1S/C28H24N4O3S/c1-34-24-16-7-8-17-25(24)35-18-26-30-31-28(32(26)21-12-3-2-4-13-21)36-19-27(33)29-23-15-9-11-20-10-5-6-14-22(20)23/h2-17H,18-19H2,1H3,(H,29,33). The topological polar surface area (TPSA) is 78.3 Å². The largest absolute Gasteiger partial charge is 0.493 e. The zero-order valence-corrected chi connectivity index (χ0v) is 20.4. The Bertz CT molecular complexity index is 1480. The summed E-state index contributed by atoms with van der Waals surface area (Å²) in [6.45, 7) is 0.186. The molecule has 5 rings (SSSR count). The summed E-state index contributed by atoms with van der Waals surface area (Å²) in [5.41, 5.74) is 1.67. The summed E-state index contributed by atoms with van der Waals surface area (Å²) in [6, 6.07) is 31.1. The minimum absolute atomic E-state index is 0.120. The number of benzene rings is 4. The van der Waals surface area contributed by atoms with Gasteiger partial charge in [0.1, 0.15) is 6.61 Å². The first-order chi connectivity index (χ1) is 17.7. The van der Waals surface area contributed by atoms with E-state index in [2.05, 4.69) is 15.5 Å². The zero-order chi connectivity index (χ0) is 24.7. The molecule has 1 heterocycles. The van der Waals surface area contributed by atoms with E-state index in [9.17, 15) is 4.79 Å². The molecule has 0 fully saturated rings. The Kier molecular flexibility index (Phi) is 7.14. The molecule has 5 aromatic rings. The van der Waals surface area contributed by atoms with Gasteiger partial charge >= 0.3 is 0 Å². The lowest BCUT2D eigenvalue weighted by Gasteiger charge is -2.13. The number of para-hydroxylation sites is 3. The van der Waals surface area contributed by atoms with E-state index in [4.69, 9.17) is 9.47 Å². The number of hydrogen-bond donors (Lipinski definition) is 1. The number of hydrogen-bond acceptors (Lipinski definition) is 6. The van der Waals surface area contributed by atoms with Gasteiger partial charge in [0.25, 0.3) is 0 Å². The van der Waals surface area contributed by atoms with Crippen LogP contribution in [0.4, 0.5) is 5.69 Å². The first-order valence-electron chi connectivity index (χ1n) is 11.4. The van der Waals surface area contributed by atoms with Crippen LogP contribution in [0.3, 0.4) is 0 Å². The van der Waals surface area contributed by atoms with E-state index in [1.165, 1.54) is 11.8 Å². The quantitative estimate of drug-likeness (QED) is 0.262. The van der Waals surface area contributed by atoms with Crippen molar-refractivity contribution >= 4 is 34.1 Å². The van der Waals surface area contributed by atoms with Gasteiger partial charge in [0.05, 0.1) is 12.9 Å². The summed E-state index contributed by atoms with van der Waals surface area (Å²) >= 11 is 1.32. The highest BCUT2D eigenvalue weighted by Crippen LogP contribution is 2.28. The molecule has 0 saturated heterocycles. The molecular weight excluding hydrogens is 472 g/mol. The average molecular weight is 497 g/mol. The van der Waals surface area contributed by atoms with Gasteiger partial charge in [0.15, 0.2) is 22.5 Å². The molecule has 0 atom stereocenters. The van der Waals surface area contributed by atoms with Gasteiger partial charge in [-0.2, -0.15) is 0 Å². The Hall–Kier alpha value is -4.30. The summed E-state index contributed by atoms with van der Waals surface area (Å²) in [5.74, 6) is 1.94. The molecule has 0 aliphatic heterocycles. The molecule has 180 valence electrons. The molecule has 0 unspecified atom stereocenters. The summed E-state index contributed by atoms with van der Waals surface area (Å²) < 4.78 is 13.3. The van der Waals surface area contributed by atoms with Crippen molar-refractivity contribution in [3.63, 3.8) is 0 Å². The fourth-order valence-electron chi connectivity index (χ4n) is 3.85. The van der Waals surface area contributed by atoms with E-state index in [-0.39, 0.29) is 18.3 Å². The molecule has 0 bridgehead atoms. The van der Waals surface area contributed by atoms with Crippen LogP contribution in [0.15, 0.2) is 102 Å². The number of nitrogens with zero attached hydrogens (tertiary/aromatic N) is 3. The number of ether oxygens (including phenoxy) is 2. The Morgan fingerprint density at radius 3 is 2.42 bits per heavy atom. The summed E-state index contributed by atoms with van der Waals surface area (Å²) in [6.07, 6.45) is 0. The molecule has 4 aromatic carbocycles. The van der Waals surface area contributed by atoms with Crippen LogP contribution in [0.1, 0.15) is 5.82 Å². The number of carbonyl (C=O) groups is 1. The average Bonchev–Trinajstić information content (AvgIpc) is 3.34. The monoisotopic (exact) mass is 496 g/mol. The molecule has 0 radical (unpaired) electrons. The van der Waals surface area contributed by atoms with E-state index in [1.54, 1.807) is 7.11 Å². The molecule has 0 saturated carbocycles. The van der Waals surface area contributed by atoms with Crippen LogP contribution in [-0.2, 0) is 11.4 Å². The molecule has 1 aromatic heterocycles. The van der Waals surface area contributed by atoms with Crippen LogP contribution in [0.2, 0.25) is 0 Å². The second-order valence-corrected chi connectivity index (χ2v) is 8.82. The number of methoxy groups -OCH3 is 1. The van der Waals surface area contributed by atoms with Gasteiger partial charge in [-0.1, -0.05) is 78.5 Å². The zero-order valence-electron chi connectivity index (χ0n) is 19.6. The summed E-state index contributed by atoms with van der Waals surface area (Å²) in [4.78, 5) is 12.8. The highest BCUT2D eigenvalue weighted by atomic mass is 32.2. The third-order valence-electron chi connectivity index (χ3n) is 5.54. The van der Waals surface area contributed by atoms with Crippen LogP contribution >= 0.6 is 11.8 Å². The maximum absolute atomic E-state index is 12.8. The Balaban J connectivity index is 1.33. The number of carbonyl (C=O) groups excluding carboxylic acids is 1. The Labute approximate surface area is 213 Å². The number of thioether (sulfide) groups is 1. The van der Waals surface area contributed by atoms with E-state index < -0.39 is 0 Å². The molecule has 1 amide bonds. The van der Waals surface area contributed by atoms with Gasteiger partial charge in [0, 0.05) is 16.8 Å². The van der Waals surface area contributed by atoms with Crippen LogP contribution in [-0.4, -0.2) is 33.5 Å². The van der Waals surface area contributed by atoms with Crippen molar-refractivity contribution in [3.05, 3.63) is 103 Å². The van der Waals surface area contributed by atoms with Crippen molar-refractivity contribution < 1.29 is 14.3 Å². The Morgan fingerprint density at radius 1 is 0.861 bits per heavy atom. The number of amides is 1. The van der Waals surface area contributed by atoms with Gasteiger partial charge in [0.2, 0.25) is 5.91 Å².